The van der Waals surface area contributed by atoms with Crippen LogP contribution in [0.2, 0.25) is 5.02 Å². The third-order valence-electron chi connectivity index (χ3n) is 1.81. The summed E-state index contributed by atoms with van der Waals surface area (Å²) in [5.41, 5.74) is 6.56. The molecule has 72 valence electrons. The molecule has 0 aliphatic carbocycles. The fraction of sp³-hybridized carbons (Fsp3) is 0. The van der Waals surface area contributed by atoms with Crippen LogP contribution in [0.15, 0.2) is 24.4 Å². The molecule has 0 radical (unpaired) electrons. The topological polar surface area (TPSA) is 54.7 Å². The van der Waals surface area contributed by atoms with E-state index in [-0.39, 0.29) is 11.8 Å². The van der Waals surface area contributed by atoms with Gasteiger partial charge in [-0.05, 0) is 18.2 Å². The lowest BCUT2D eigenvalue weighted by Crippen LogP contribution is -1.86. The molecule has 1 heterocycles. The molecule has 0 amide bonds. The van der Waals surface area contributed by atoms with Crippen LogP contribution in [-0.4, -0.2) is 9.97 Å². The van der Waals surface area contributed by atoms with Crippen molar-refractivity contribution in [3.63, 3.8) is 0 Å². The number of aromatic nitrogens is 2. The van der Waals surface area contributed by atoms with E-state index in [1.165, 1.54) is 24.4 Å². The number of benzene rings is 1. The fourth-order valence-corrected chi connectivity index (χ4v) is 1.40. The molecule has 3 N–H and O–H groups in total. The molecule has 0 atom stereocenters. The van der Waals surface area contributed by atoms with Gasteiger partial charge >= 0.3 is 0 Å². The molecule has 5 heteroatoms. The molecule has 14 heavy (non-hydrogen) atoms. The average Bonchev–Trinajstić information content (AvgIpc) is 2.56. The number of aromatic amines is 1. The van der Waals surface area contributed by atoms with E-state index in [2.05, 4.69) is 9.97 Å². The minimum absolute atomic E-state index is 0.278. The van der Waals surface area contributed by atoms with Crippen LogP contribution >= 0.6 is 11.6 Å². The summed E-state index contributed by atoms with van der Waals surface area (Å²) in [4.78, 5) is 6.58. The minimum Gasteiger partial charge on any atom is -0.369 e. The fourth-order valence-electron chi connectivity index (χ4n) is 1.18. The maximum absolute atomic E-state index is 12.9. The van der Waals surface area contributed by atoms with Crippen molar-refractivity contribution in [3.8, 4) is 11.3 Å². The highest BCUT2D eigenvalue weighted by Crippen LogP contribution is 2.27. The quantitative estimate of drug-likeness (QED) is 0.761. The van der Waals surface area contributed by atoms with Crippen LogP contribution in [0.3, 0.4) is 0 Å². The Morgan fingerprint density at radius 1 is 1.43 bits per heavy atom. The molecule has 3 nitrogen and oxygen atoms in total. The van der Waals surface area contributed by atoms with Crippen molar-refractivity contribution in [3.05, 3.63) is 35.2 Å². The van der Waals surface area contributed by atoms with Gasteiger partial charge in [-0.25, -0.2) is 9.37 Å². The van der Waals surface area contributed by atoms with Crippen LogP contribution in [0.1, 0.15) is 0 Å². The van der Waals surface area contributed by atoms with Gasteiger partial charge in [0.25, 0.3) is 0 Å². The summed E-state index contributed by atoms with van der Waals surface area (Å²) in [6, 6.07) is 4.12. The maximum Gasteiger partial charge on any atom is 0.197 e. The molecule has 2 rings (SSSR count). The van der Waals surface area contributed by atoms with E-state index in [4.69, 9.17) is 17.3 Å². The van der Waals surface area contributed by atoms with Crippen molar-refractivity contribution >= 4 is 17.5 Å². The summed E-state index contributed by atoms with van der Waals surface area (Å²) in [7, 11) is 0. The maximum atomic E-state index is 12.9. The second-order valence-electron chi connectivity index (χ2n) is 2.81. The summed E-state index contributed by atoms with van der Waals surface area (Å²) in [5.74, 6) is -0.0714. The van der Waals surface area contributed by atoms with Crippen LogP contribution in [0.4, 0.5) is 10.3 Å². The predicted octanol–water partition coefficient (Wildman–Crippen LogP) is 2.45. The number of hydrogen-bond donors (Lipinski definition) is 2. The van der Waals surface area contributed by atoms with Crippen LogP contribution in [0, 0.1) is 5.82 Å². The number of nitrogens with zero attached hydrogens (tertiary/aromatic N) is 1. The van der Waals surface area contributed by atoms with Gasteiger partial charge in [-0.2, -0.15) is 0 Å². The highest BCUT2D eigenvalue weighted by molar-refractivity contribution is 6.33. The Morgan fingerprint density at radius 3 is 2.86 bits per heavy atom. The molecule has 0 aliphatic rings. The molecule has 1 aromatic carbocycles. The largest absolute Gasteiger partial charge is 0.369 e. The lowest BCUT2D eigenvalue weighted by Gasteiger charge is -2.00. The Labute approximate surface area is 84.7 Å². The Hall–Kier alpha value is -1.55. The van der Waals surface area contributed by atoms with Crippen LogP contribution < -0.4 is 5.73 Å². The first-order valence-electron chi connectivity index (χ1n) is 3.93. The van der Waals surface area contributed by atoms with Gasteiger partial charge in [0.1, 0.15) is 5.82 Å². The third kappa shape index (κ3) is 1.56. The number of nitrogens with two attached hydrogens (primary N) is 1. The van der Waals surface area contributed by atoms with Gasteiger partial charge in [-0.3, -0.25) is 0 Å². The van der Waals surface area contributed by atoms with E-state index in [1.807, 2.05) is 0 Å². The molecular formula is C9H7ClFN3. The number of nitrogens with one attached hydrogen (secondary N) is 1. The summed E-state index contributed by atoms with van der Waals surface area (Å²) in [6.45, 7) is 0. The van der Waals surface area contributed by atoms with Gasteiger partial charge in [0.05, 0.1) is 16.9 Å². The van der Waals surface area contributed by atoms with Crippen molar-refractivity contribution in [1.82, 2.24) is 9.97 Å². The van der Waals surface area contributed by atoms with Gasteiger partial charge in [-0.1, -0.05) is 11.6 Å². The van der Waals surface area contributed by atoms with Gasteiger partial charge in [0, 0.05) is 5.56 Å². The highest BCUT2D eigenvalue weighted by Gasteiger charge is 2.06. The van der Waals surface area contributed by atoms with Crippen molar-refractivity contribution < 1.29 is 4.39 Å². The second kappa shape index (κ2) is 3.31. The predicted molar refractivity (Wildman–Crippen MR) is 53.4 cm³/mol. The van der Waals surface area contributed by atoms with Gasteiger partial charge in [0.15, 0.2) is 5.95 Å². The molecule has 0 bridgehead atoms. The van der Waals surface area contributed by atoms with Crippen molar-refractivity contribution in [2.45, 2.75) is 0 Å². The lowest BCUT2D eigenvalue weighted by atomic mass is 10.2. The van der Waals surface area contributed by atoms with Crippen LogP contribution in [0.25, 0.3) is 11.3 Å². The van der Waals surface area contributed by atoms with Crippen molar-refractivity contribution in [2.24, 2.45) is 0 Å². The number of nitrogen functional groups attached to an aromatic ring is 1. The Kier molecular flexibility index (Phi) is 2.13. The van der Waals surface area contributed by atoms with E-state index in [0.717, 1.165) is 0 Å². The summed E-state index contributed by atoms with van der Waals surface area (Å²) in [5, 5.41) is 0.454. The zero-order chi connectivity index (χ0) is 10.1. The standard InChI is InChI=1S/C9H7ClFN3/c10-7-2-1-5(11)3-6(7)8-4-13-9(12)14-8/h1-4H,(H3,12,13,14). The number of imidazole rings is 1. The highest BCUT2D eigenvalue weighted by atomic mass is 35.5. The zero-order valence-corrected chi connectivity index (χ0v) is 7.85. The molecule has 1 aromatic heterocycles. The Morgan fingerprint density at radius 2 is 2.21 bits per heavy atom. The SMILES string of the molecule is Nc1ncc(-c2cc(F)ccc2Cl)[nH]1. The smallest absolute Gasteiger partial charge is 0.197 e. The summed E-state index contributed by atoms with van der Waals surface area (Å²) in [6.07, 6.45) is 1.51. The average molecular weight is 212 g/mol. The van der Waals surface area contributed by atoms with Crippen molar-refractivity contribution in [2.75, 3.05) is 5.73 Å². The van der Waals surface area contributed by atoms with Gasteiger partial charge in [0.2, 0.25) is 0 Å². The minimum atomic E-state index is -0.349. The van der Waals surface area contributed by atoms with E-state index in [9.17, 15) is 4.39 Å². The summed E-state index contributed by atoms with van der Waals surface area (Å²) < 4.78 is 12.9. The second-order valence-corrected chi connectivity index (χ2v) is 3.21. The van der Waals surface area contributed by atoms with Crippen LogP contribution in [0.5, 0.6) is 0 Å². The molecule has 0 spiro atoms. The number of halogens is 2. The molecule has 0 fully saturated rings. The lowest BCUT2D eigenvalue weighted by molar-refractivity contribution is 0.628. The van der Waals surface area contributed by atoms with Gasteiger partial charge in [-0.15, -0.1) is 0 Å². The molecule has 0 saturated heterocycles. The number of rotatable bonds is 1. The van der Waals surface area contributed by atoms with E-state index in [1.54, 1.807) is 0 Å². The number of hydrogen-bond acceptors (Lipinski definition) is 2. The first-order chi connectivity index (χ1) is 6.66. The molecule has 0 unspecified atom stereocenters. The van der Waals surface area contributed by atoms with E-state index in [0.29, 0.717) is 16.3 Å². The molecule has 0 saturated carbocycles. The van der Waals surface area contributed by atoms with Crippen molar-refractivity contribution in [1.29, 1.82) is 0 Å². The normalized spacial score (nSPS) is 10.4. The summed E-state index contributed by atoms with van der Waals surface area (Å²) >= 11 is 5.88. The van der Waals surface area contributed by atoms with E-state index < -0.39 is 0 Å². The molecule has 0 aliphatic heterocycles. The Balaban J connectivity index is 2.55. The van der Waals surface area contributed by atoms with Crippen LogP contribution in [-0.2, 0) is 0 Å². The molecular weight excluding hydrogens is 205 g/mol. The molecule has 2 aromatic rings. The monoisotopic (exact) mass is 211 g/mol. The first kappa shape index (κ1) is 9.02. The van der Waals surface area contributed by atoms with E-state index >= 15 is 0 Å². The Bertz CT molecular complexity index is 467. The van der Waals surface area contributed by atoms with Gasteiger partial charge < -0.3 is 10.7 Å². The zero-order valence-electron chi connectivity index (χ0n) is 7.09. The number of anilines is 1. The third-order valence-corrected chi connectivity index (χ3v) is 2.14. The number of H-pyrrole nitrogens is 1. The first-order valence-corrected chi connectivity index (χ1v) is 4.30.